The van der Waals surface area contributed by atoms with Crippen molar-refractivity contribution >= 4 is 44.3 Å². The molecule has 1 fully saturated rings. The topological polar surface area (TPSA) is 52.9 Å². The highest BCUT2D eigenvalue weighted by Gasteiger charge is 2.52. The predicted molar refractivity (Wildman–Crippen MR) is 81.7 cm³/mol. The van der Waals surface area contributed by atoms with Crippen LogP contribution in [0.4, 0.5) is 10.0 Å². The summed E-state index contributed by atoms with van der Waals surface area (Å²) in [7, 11) is 0. The molecule has 0 radical (unpaired) electrons. The van der Waals surface area contributed by atoms with E-state index in [1.165, 1.54) is 11.3 Å². The van der Waals surface area contributed by atoms with E-state index in [1.807, 2.05) is 35.4 Å². The normalized spacial score (nSPS) is 24.6. The number of aliphatic imine (C=N–C) groups is 1. The highest BCUT2D eigenvalue weighted by molar-refractivity contribution is 7.16. The Balaban J connectivity index is 1.89. The van der Waals surface area contributed by atoms with Crippen LogP contribution in [0.2, 0.25) is 0 Å². The molecule has 20 heavy (non-hydrogen) atoms. The van der Waals surface area contributed by atoms with Gasteiger partial charge in [-0.1, -0.05) is 0 Å². The minimum absolute atomic E-state index is 0.207. The predicted octanol–water partition coefficient (Wildman–Crippen LogP) is 2.99. The van der Waals surface area contributed by atoms with Crippen molar-refractivity contribution in [3.8, 4) is 0 Å². The quantitative estimate of drug-likeness (QED) is 0.881. The van der Waals surface area contributed by atoms with Crippen LogP contribution in [0.5, 0.6) is 0 Å². The van der Waals surface area contributed by atoms with Crippen LogP contribution in [0.3, 0.4) is 0 Å². The average Bonchev–Trinajstić information content (AvgIpc) is 3.10. The van der Waals surface area contributed by atoms with Gasteiger partial charge in [-0.15, -0.1) is 22.7 Å². The SMILES string of the molecule is Cc1cc2c(s1)N=C1N(c3cccs3)CC[C@@]1(O)C2=O. The number of carbonyl (C=O) groups is 1. The summed E-state index contributed by atoms with van der Waals surface area (Å²) in [5, 5.41) is 14.5. The van der Waals surface area contributed by atoms with E-state index in [0.29, 0.717) is 24.4 Å². The zero-order chi connectivity index (χ0) is 13.9. The number of anilines is 1. The van der Waals surface area contributed by atoms with Gasteiger partial charge < -0.3 is 10.0 Å². The third kappa shape index (κ3) is 1.49. The molecular formula is C14H12N2O2S2. The van der Waals surface area contributed by atoms with Crippen LogP contribution in [0, 0.1) is 6.92 Å². The van der Waals surface area contributed by atoms with Crippen molar-refractivity contribution in [3.63, 3.8) is 0 Å². The van der Waals surface area contributed by atoms with Crippen LogP contribution in [0.1, 0.15) is 21.7 Å². The fraction of sp³-hybridized carbons (Fsp3) is 0.286. The lowest BCUT2D eigenvalue weighted by Gasteiger charge is -2.27. The summed E-state index contributed by atoms with van der Waals surface area (Å²) in [6.45, 7) is 2.57. The van der Waals surface area contributed by atoms with Gasteiger partial charge >= 0.3 is 0 Å². The van der Waals surface area contributed by atoms with Gasteiger partial charge in [0, 0.05) is 17.8 Å². The maximum Gasteiger partial charge on any atom is 0.205 e. The zero-order valence-corrected chi connectivity index (χ0v) is 12.4. The molecule has 0 saturated carbocycles. The summed E-state index contributed by atoms with van der Waals surface area (Å²) in [5.41, 5.74) is -0.892. The largest absolute Gasteiger partial charge is 0.374 e. The van der Waals surface area contributed by atoms with Crippen molar-refractivity contribution in [2.75, 3.05) is 11.4 Å². The summed E-state index contributed by atoms with van der Waals surface area (Å²) >= 11 is 3.09. The van der Waals surface area contributed by atoms with Crippen molar-refractivity contribution in [1.29, 1.82) is 0 Å². The monoisotopic (exact) mass is 304 g/mol. The standard InChI is InChI=1S/C14H12N2O2S2/c1-8-7-9-11(17)14(18)4-5-16(10-3-2-6-19-10)13(14)15-12(9)20-8/h2-3,6-7,18H,4-5H2,1H3/t14-/m1/s1. The molecule has 6 heteroatoms. The molecule has 4 heterocycles. The van der Waals surface area contributed by atoms with Crippen molar-refractivity contribution in [1.82, 2.24) is 0 Å². The second-order valence-corrected chi connectivity index (χ2v) is 7.21. The molecule has 0 amide bonds. The Hall–Kier alpha value is -1.50. The summed E-state index contributed by atoms with van der Waals surface area (Å²) in [6, 6.07) is 5.77. The molecule has 1 N–H and O–H groups in total. The van der Waals surface area contributed by atoms with E-state index in [4.69, 9.17) is 0 Å². The van der Waals surface area contributed by atoms with E-state index in [-0.39, 0.29) is 5.78 Å². The molecule has 2 aliphatic rings. The number of thiophene rings is 2. The number of hydrogen-bond acceptors (Lipinski definition) is 6. The van der Waals surface area contributed by atoms with Gasteiger partial charge in [0.1, 0.15) is 5.00 Å². The Kier molecular flexibility index (Phi) is 2.45. The van der Waals surface area contributed by atoms with Crippen molar-refractivity contribution in [3.05, 3.63) is 34.0 Å². The number of fused-ring (bicyclic) bond motifs is 2. The van der Waals surface area contributed by atoms with E-state index in [2.05, 4.69) is 4.99 Å². The molecule has 2 aliphatic heterocycles. The lowest BCUT2D eigenvalue weighted by molar-refractivity contribution is 0.0603. The molecule has 0 unspecified atom stereocenters. The second-order valence-electron chi connectivity index (χ2n) is 5.05. The van der Waals surface area contributed by atoms with Gasteiger partial charge in [-0.25, -0.2) is 4.99 Å². The minimum atomic E-state index is -1.45. The first-order chi connectivity index (χ1) is 9.59. The number of hydrogen-bond donors (Lipinski definition) is 1. The highest BCUT2D eigenvalue weighted by Crippen LogP contribution is 2.43. The number of aliphatic hydroxyl groups is 1. The van der Waals surface area contributed by atoms with Gasteiger partial charge in [-0.2, -0.15) is 0 Å². The lowest BCUT2D eigenvalue weighted by atomic mass is 9.90. The van der Waals surface area contributed by atoms with Gasteiger partial charge in [0.15, 0.2) is 11.4 Å². The molecule has 1 saturated heterocycles. The second kappa shape index (κ2) is 4.00. The molecule has 102 valence electrons. The smallest absolute Gasteiger partial charge is 0.205 e. The summed E-state index contributed by atoms with van der Waals surface area (Å²) in [6.07, 6.45) is 0.400. The van der Waals surface area contributed by atoms with Gasteiger partial charge in [0.05, 0.1) is 10.6 Å². The van der Waals surface area contributed by atoms with E-state index in [0.717, 1.165) is 14.9 Å². The summed E-state index contributed by atoms with van der Waals surface area (Å²) < 4.78 is 0. The average molecular weight is 304 g/mol. The molecule has 0 aliphatic carbocycles. The fourth-order valence-corrected chi connectivity index (χ4v) is 4.42. The Morgan fingerprint density at radius 1 is 1.50 bits per heavy atom. The van der Waals surface area contributed by atoms with Crippen molar-refractivity contribution < 1.29 is 9.90 Å². The number of aryl methyl sites for hydroxylation is 1. The Morgan fingerprint density at radius 3 is 3.10 bits per heavy atom. The van der Waals surface area contributed by atoms with E-state index in [1.54, 1.807) is 11.3 Å². The van der Waals surface area contributed by atoms with E-state index < -0.39 is 5.60 Å². The number of Topliss-reactive ketones (excluding diaryl/α,β-unsaturated/α-hetero) is 1. The molecule has 4 nitrogen and oxygen atoms in total. The van der Waals surface area contributed by atoms with Gasteiger partial charge in [-0.3, -0.25) is 4.79 Å². The maximum absolute atomic E-state index is 12.6. The van der Waals surface area contributed by atoms with Gasteiger partial charge in [0.25, 0.3) is 0 Å². The zero-order valence-electron chi connectivity index (χ0n) is 10.8. The van der Waals surface area contributed by atoms with Crippen LogP contribution < -0.4 is 4.90 Å². The first-order valence-corrected chi connectivity index (χ1v) is 8.07. The van der Waals surface area contributed by atoms with Crippen molar-refractivity contribution in [2.45, 2.75) is 18.9 Å². The van der Waals surface area contributed by atoms with Crippen molar-refractivity contribution in [2.24, 2.45) is 4.99 Å². The Labute approximate surface area is 124 Å². The summed E-state index contributed by atoms with van der Waals surface area (Å²) in [5.74, 6) is 0.278. The third-order valence-corrected chi connectivity index (χ3v) is 5.59. The number of carbonyl (C=O) groups excluding carboxylic acids is 1. The Bertz CT molecular complexity index is 732. The summed E-state index contributed by atoms with van der Waals surface area (Å²) in [4.78, 5) is 20.2. The molecule has 0 aromatic carbocycles. The van der Waals surface area contributed by atoms with E-state index in [9.17, 15) is 9.90 Å². The fourth-order valence-electron chi connectivity index (χ4n) is 2.79. The van der Waals surface area contributed by atoms with Crippen LogP contribution in [-0.2, 0) is 0 Å². The minimum Gasteiger partial charge on any atom is -0.374 e. The van der Waals surface area contributed by atoms with Crippen LogP contribution in [0.25, 0.3) is 0 Å². The number of rotatable bonds is 1. The van der Waals surface area contributed by atoms with E-state index >= 15 is 0 Å². The van der Waals surface area contributed by atoms with Gasteiger partial charge in [0.2, 0.25) is 5.78 Å². The van der Waals surface area contributed by atoms with Crippen LogP contribution in [-0.4, -0.2) is 28.9 Å². The van der Waals surface area contributed by atoms with Gasteiger partial charge in [-0.05, 0) is 30.5 Å². The molecule has 0 spiro atoms. The molecule has 2 aromatic heterocycles. The van der Waals surface area contributed by atoms with Crippen LogP contribution in [0.15, 0.2) is 28.6 Å². The molecule has 1 atom stereocenters. The number of amidine groups is 1. The molecular weight excluding hydrogens is 292 g/mol. The number of nitrogens with zero attached hydrogens (tertiary/aromatic N) is 2. The lowest BCUT2D eigenvalue weighted by Crippen LogP contribution is -2.48. The molecule has 0 bridgehead atoms. The molecule has 4 rings (SSSR count). The van der Waals surface area contributed by atoms with Crippen LogP contribution >= 0.6 is 22.7 Å². The highest BCUT2D eigenvalue weighted by atomic mass is 32.1. The molecule has 2 aromatic rings. The maximum atomic E-state index is 12.6. The Morgan fingerprint density at radius 2 is 2.35 bits per heavy atom. The first kappa shape index (κ1) is 12.3. The number of ketones is 1. The first-order valence-electron chi connectivity index (χ1n) is 6.37. The third-order valence-electron chi connectivity index (χ3n) is 3.76.